The summed E-state index contributed by atoms with van der Waals surface area (Å²) in [5, 5.41) is 0. The highest BCUT2D eigenvalue weighted by atomic mass is 16.6. The molecule has 1 rings (SSSR count). The van der Waals surface area contributed by atoms with Crippen LogP contribution in [0.15, 0.2) is 30.3 Å². The van der Waals surface area contributed by atoms with E-state index in [1.54, 1.807) is 0 Å². The van der Waals surface area contributed by atoms with Crippen molar-refractivity contribution < 1.29 is 14.3 Å². The average Bonchev–Trinajstić information content (AvgIpc) is 2.44. The second-order valence-corrected chi connectivity index (χ2v) is 7.45. The zero-order valence-electron chi connectivity index (χ0n) is 15.3. The number of hydrogen-bond acceptors (Lipinski definition) is 3. The predicted octanol–water partition coefficient (Wildman–Crippen LogP) is 5.24. The highest BCUT2D eigenvalue weighted by molar-refractivity contribution is 5.70. The topological polar surface area (TPSA) is 35.5 Å². The third kappa shape index (κ3) is 9.27. The number of hydrogen-bond donors (Lipinski definition) is 0. The van der Waals surface area contributed by atoms with Crippen LogP contribution in [-0.4, -0.2) is 18.2 Å². The molecule has 0 aromatic heterocycles. The zero-order valence-corrected chi connectivity index (χ0v) is 15.3. The first-order chi connectivity index (χ1) is 10.8. The van der Waals surface area contributed by atoms with Gasteiger partial charge in [-0.2, -0.15) is 0 Å². The van der Waals surface area contributed by atoms with Crippen LogP contribution in [0.1, 0.15) is 60.3 Å². The van der Waals surface area contributed by atoms with Gasteiger partial charge in [0.05, 0.1) is 6.61 Å². The van der Waals surface area contributed by atoms with Crippen LogP contribution in [0.5, 0.6) is 5.75 Å². The van der Waals surface area contributed by atoms with Crippen LogP contribution < -0.4 is 4.74 Å². The maximum Gasteiger partial charge on any atom is 0.306 e. The molecular weight excluding hydrogens is 288 g/mol. The molecule has 1 aromatic carbocycles. The summed E-state index contributed by atoms with van der Waals surface area (Å²) in [7, 11) is 0. The number of carbonyl (C=O) groups is 1. The van der Waals surface area contributed by atoms with Crippen LogP contribution in [0.4, 0.5) is 0 Å². The van der Waals surface area contributed by atoms with Gasteiger partial charge in [-0.15, -0.1) is 0 Å². The second-order valence-electron chi connectivity index (χ2n) is 7.45. The lowest BCUT2D eigenvalue weighted by Crippen LogP contribution is -2.26. The lowest BCUT2D eigenvalue weighted by atomic mass is 9.88. The van der Waals surface area contributed by atoms with Gasteiger partial charge in [0.15, 0.2) is 0 Å². The van der Waals surface area contributed by atoms with E-state index in [9.17, 15) is 4.79 Å². The molecule has 0 aliphatic carbocycles. The smallest absolute Gasteiger partial charge is 0.306 e. The molecule has 0 saturated carbocycles. The van der Waals surface area contributed by atoms with Crippen LogP contribution in [0.3, 0.4) is 0 Å². The van der Waals surface area contributed by atoms with Crippen molar-refractivity contribution in [3.63, 3.8) is 0 Å². The number of carbonyl (C=O) groups excluding carboxylic acids is 1. The molecular formula is C20H32O3. The minimum Gasteiger partial charge on any atom is -0.494 e. The van der Waals surface area contributed by atoms with E-state index in [2.05, 4.69) is 13.8 Å². The summed E-state index contributed by atoms with van der Waals surface area (Å²) in [5.74, 6) is 1.69. The van der Waals surface area contributed by atoms with Crippen LogP contribution >= 0.6 is 0 Å². The van der Waals surface area contributed by atoms with E-state index in [0.717, 1.165) is 31.6 Å². The fourth-order valence-corrected chi connectivity index (χ4v) is 2.48. The molecule has 1 aromatic rings. The summed E-state index contributed by atoms with van der Waals surface area (Å²) in [4.78, 5) is 12.0. The largest absolute Gasteiger partial charge is 0.494 e. The molecule has 3 heteroatoms. The van der Waals surface area contributed by atoms with Crippen LogP contribution in [0.2, 0.25) is 0 Å². The molecule has 0 N–H and O–H groups in total. The van der Waals surface area contributed by atoms with Crippen molar-refractivity contribution >= 4 is 5.97 Å². The summed E-state index contributed by atoms with van der Waals surface area (Å²) in [6.07, 6.45) is 3.62. The monoisotopic (exact) mass is 320 g/mol. The molecule has 130 valence electrons. The molecule has 0 bridgehead atoms. The Labute approximate surface area is 141 Å². The fraction of sp³-hybridized carbons (Fsp3) is 0.650. The van der Waals surface area contributed by atoms with E-state index in [0.29, 0.717) is 18.3 Å². The van der Waals surface area contributed by atoms with Crippen LogP contribution in [0.25, 0.3) is 0 Å². The number of ether oxygens (including phenoxy) is 2. The van der Waals surface area contributed by atoms with Crippen molar-refractivity contribution in [2.75, 3.05) is 6.61 Å². The van der Waals surface area contributed by atoms with Crippen molar-refractivity contribution in [3.8, 4) is 5.75 Å². The van der Waals surface area contributed by atoms with Crippen molar-refractivity contribution in [2.45, 2.75) is 65.9 Å². The molecule has 23 heavy (non-hydrogen) atoms. The number of esters is 1. The van der Waals surface area contributed by atoms with Crippen molar-refractivity contribution in [3.05, 3.63) is 30.3 Å². The molecule has 1 unspecified atom stereocenters. The molecule has 3 nitrogen and oxygen atoms in total. The molecule has 0 spiro atoms. The van der Waals surface area contributed by atoms with E-state index in [4.69, 9.17) is 9.47 Å². The molecule has 1 atom stereocenters. The quantitative estimate of drug-likeness (QED) is 0.461. The molecule has 0 aliphatic heterocycles. The number of rotatable bonds is 9. The van der Waals surface area contributed by atoms with Crippen LogP contribution in [-0.2, 0) is 9.53 Å². The maximum atomic E-state index is 12.0. The third-order valence-electron chi connectivity index (χ3n) is 3.77. The van der Waals surface area contributed by atoms with E-state index >= 15 is 0 Å². The van der Waals surface area contributed by atoms with Gasteiger partial charge >= 0.3 is 5.97 Å². The summed E-state index contributed by atoms with van der Waals surface area (Å²) in [6.45, 7) is 10.8. The lowest BCUT2D eigenvalue weighted by molar-refractivity contribution is -0.156. The minimum atomic E-state index is -0.401. The minimum absolute atomic E-state index is 0.0864. The molecule has 0 saturated heterocycles. The van der Waals surface area contributed by atoms with Gasteiger partial charge < -0.3 is 9.47 Å². The van der Waals surface area contributed by atoms with Gasteiger partial charge in [-0.1, -0.05) is 32.0 Å². The van der Waals surface area contributed by atoms with Gasteiger partial charge in [0.2, 0.25) is 0 Å². The molecule has 0 aliphatic rings. The lowest BCUT2D eigenvalue weighted by Gasteiger charge is -2.24. The Balaban J connectivity index is 2.26. The number of para-hydroxylation sites is 1. The number of benzene rings is 1. The first kappa shape index (κ1) is 19.5. The highest BCUT2D eigenvalue weighted by Crippen LogP contribution is 2.24. The van der Waals surface area contributed by atoms with E-state index in [1.807, 2.05) is 51.1 Å². The standard InChI is InChI=1S/C20H32O3/c1-16(2)17(15-19(21)23-20(3,4)5)11-9-10-14-22-18-12-7-6-8-13-18/h6-8,12-13,16-17H,9-11,14-15H2,1-5H3. The van der Waals surface area contributed by atoms with Crippen LogP contribution in [0, 0.1) is 11.8 Å². The summed E-state index contributed by atoms with van der Waals surface area (Å²) < 4.78 is 11.1. The van der Waals surface area contributed by atoms with E-state index in [-0.39, 0.29) is 5.97 Å². The summed E-state index contributed by atoms with van der Waals surface area (Å²) in [6, 6.07) is 9.88. The van der Waals surface area contributed by atoms with Crippen molar-refractivity contribution in [2.24, 2.45) is 11.8 Å². The van der Waals surface area contributed by atoms with Gasteiger partial charge in [0.25, 0.3) is 0 Å². The van der Waals surface area contributed by atoms with Crippen molar-refractivity contribution in [1.82, 2.24) is 0 Å². The Morgan fingerprint density at radius 3 is 2.30 bits per heavy atom. The Bertz CT molecular complexity index is 446. The Morgan fingerprint density at radius 1 is 1.09 bits per heavy atom. The first-order valence-corrected chi connectivity index (χ1v) is 8.67. The van der Waals surface area contributed by atoms with Gasteiger partial charge in [0, 0.05) is 6.42 Å². The van der Waals surface area contributed by atoms with Gasteiger partial charge in [-0.05, 0) is 64.0 Å². The Kier molecular flexibility index (Phi) is 8.15. The highest BCUT2D eigenvalue weighted by Gasteiger charge is 2.22. The summed E-state index contributed by atoms with van der Waals surface area (Å²) in [5.41, 5.74) is -0.401. The first-order valence-electron chi connectivity index (χ1n) is 8.67. The second kappa shape index (κ2) is 9.59. The van der Waals surface area contributed by atoms with E-state index < -0.39 is 5.60 Å². The maximum absolute atomic E-state index is 12.0. The molecule has 0 radical (unpaired) electrons. The summed E-state index contributed by atoms with van der Waals surface area (Å²) >= 11 is 0. The number of unbranched alkanes of at least 4 members (excludes halogenated alkanes) is 1. The molecule has 0 amide bonds. The van der Waals surface area contributed by atoms with Crippen molar-refractivity contribution in [1.29, 1.82) is 0 Å². The molecule has 0 heterocycles. The van der Waals surface area contributed by atoms with Gasteiger partial charge in [0.1, 0.15) is 11.4 Å². The Morgan fingerprint density at radius 2 is 1.74 bits per heavy atom. The fourth-order valence-electron chi connectivity index (χ4n) is 2.48. The van der Waals surface area contributed by atoms with Gasteiger partial charge in [-0.3, -0.25) is 4.79 Å². The normalized spacial score (nSPS) is 13.0. The van der Waals surface area contributed by atoms with E-state index in [1.165, 1.54) is 0 Å². The Hall–Kier alpha value is -1.51. The average molecular weight is 320 g/mol. The predicted molar refractivity (Wildman–Crippen MR) is 94.6 cm³/mol. The third-order valence-corrected chi connectivity index (χ3v) is 3.77. The SMILES string of the molecule is CC(C)C(CCCCOc1ccccc1)CC(=O)OC(C)(C)C. The zero-order chi connectivity index (χ0) is 17.3. The molecule has 0 fully saturated rings. The van der Waals surface area contributed by atoms with Gasteiger partial charge in [-0.25, -0.2) is 0 Å².